The monoisotopic (exact) mass is 371 g/mol. The summed E-state index contributed by atoms with van der Waals surface area (Å²) in [6.45, 7) is 9.35. The van der Waals surface area contributed by atoms with Crippen molar-refractivity contribution in [2.75, 3.05) is 19.7 Å². The van der Waals surface area contributed by atoms with Crippen LogP contribution < -0.4 is 5.48 Å². The van der Waals surface area contributed by atoms with Crippen molar-refractivity contribution in [2.45, 2.75) is 52.0 Å². The summed E-state index contributed by atoms with van der Waals surface area (Å²) < 4.78 is 0. The van der Waals surface area contributed by atoms with Gasteiger partial charge in [0.1, 0.15) is 0 Å². The second-order valence-electron chi connectivity index (χ2n) is 7.94. The number of hydroxylamine groups is 1. The summed E-state index contributed by atoms with van der Waals surface area (Å²) in [5.74, 6) is 1.12. The van der Waals surface area contributed by atoms with Crippen molar-refractivity contribution >= 4 is 28.1 Å². The Hall–Kier alpha value is -1.43. The van der Waals surface area contributed by atoms with Crippen LogP contribution >= 0.6 is 12.2 Å². The average molecular weight is 372 g/mol. The number of nitrogens with one attached hydrogen (secondary N) is 2. The van der Waals surface area contributed by atoms with E-state index in [2.05, 4.69) is 47.4 Å². The predicted molar refractivity (Wildman–Crippen MR) is 111 cm³/mol. The molecule has 0 amide bonds. The van der Waals surface area contributed by atoms with Gasteiger partial charge in [0.05, 0.1) is 11.6 Å². The Morgan fingerprint density at radius 1 is 1.42 bits per heavy atom. The van der Waals surface area contributed by atoms with E-state index in [1.165, 1.54) is 47.0 Å². The highest BCUT2D eigenvalue weighted by Crippen LogP contribution is 2.45. The highest BCUT2D eigenvalue weighted by molar-refractivity contribution is 7.80. The van der Waals surface area contributed by atoms with Crippen molar-refractivity contribution < 1.29 is 4.84 Å². The first kappa shape index (κ1) is 18.0. The van der Waals surface area contributed by atoms with Crippen LogP contribution in [0.25, 0.3) is 10.9 Å². The number of hydrogen-bond acceptors (Lipinski definition) is 3. The molecule has 2 aliphatic rings. The van der Waals surface area contributed by atoms with Gasteiger partial charge >= 0.3 is 0 Å². The van der Waals surface area contributed by atoms with E-state index in [9.17, 15) is 0 Å². The van der Waals surface area contributed by atoms with E-state index in [1.54, 1.807) is 0 Å². The number of piperidine rings is 1. The Labute approximate surface area is 161 Å². The molecule has 1 aromatic carbocycles. The fourth-order valence-electron chi connectivity index (χ4n) is 5.09. The molecule has 0 spiro atoms. The van der Waals surface area contributed by atoms with Crippen LogP contribution in [0.1, 0.15) is 49.4 Å². The van der Waals surface area contributed by atoms with Gasteiger partial charge in [-0.2, -0.15) is 0 Å². The first-order chi connectivity index (χ1) is 12.6. The van der Waals surface area contributed by atoms with Gasteiger partial charge in [-0.15, -0.1) is 0 Å². The molecule has 1 saturated heterocycles. The van der Waals surface area contributed by atoms with Crippen LogP contribution in [0.2, 0.25) is 0 Å². The quantitative estimate of drug-likeness (QED) is 0.614. The Morgan fingerprint density at radius 2 is 2.27 bits per heavy atom. The Kier molecular flexibility index (Phi) is 5.04. The summed E-state index contributed by atoms with van der Waals surface area (Å²) in [4.78, 5) is 12.7. The Balaban J connectivity index is 1.65. The third-order valence-corrected chi connectivity index (χ3v) is 6.13. The molecule has 1 fully saturated rings. The maximum absolute atomic E-state index is 5.66. The number of rotatable bonds is 5. The van der Waals surface area contributed by atoms with E-state index >= 15 is 0 Å². The highest BCUT2D eigenvalue weighted by atomic mass is 32.1. The first-order valence-electron chi connectivity index (χ1n) is 9.81. The largest absolute Gasteiger partial charge is 0.358 e. The number of thiocarbonyl (C=S) groups is 1. The number of H-pyrrole nitrogens is 1. The van der Waals surface area contributed by atoms with Gasteiger partial charge in [0.15, 0.2) is 0 Å². The normalized spacial score (nSPS) is 25.3. The minimum atomic E-state index is 0.529. The van der Waals surface area contributed by atoms with E-state index < -0.39 is 0 Å². The molecule has 0 radical (unpaired) electrons. The maximum atomic E-state index is 5.66. The van der Waals surface area contributed by atoms with Crippen molar-refractivity contribution in [3.8, 4) is 0 Å². The lowest BCUT2D eigenvalue weighted by atomic mass is 9.72. The number of hydrogen-bond donors (Lipinski definition) is 2. The van der Waals surface area contributed by atoms with Crippen LogP contribution in [0, 0.1) is 12.8 Å². The van der Waals surface area contributed by atoms with Gasteiger partial charge in [0, 0.05) is 35.1 Å². The van der Waals surface area contributed by atoms with E-state index in [0.717, 1.165) is 13.1 Å². The lowest BCUT2D eigenvalue weighted by Crippen LogP contribution is -2.51. The molecule has 4 rings (SSSR count). The van der Waals surface area contributed by atoms with E-state index in [4.69, 9.17) is 17.1 Å². The molecule has 1 unspecified atom stereocenters. The fourth-order valence-corrected chi connectivity index (χ4v) is 5.15. The summed E-state index contributed by atoms with van der Waals surface area (Å²) in [6.07, 6.45) is 3.54. The summed E-state index contributed by atoms with van der Waals surface area (Å²) in [5, 5.41) is 1.48. The minimum Gasteiger partial charge on any atom is -0.358 e. The number of likely N-dealkylation sites (tertiary alicyclic amines) is 1. The summed E-state index contributed by atoms with van der Waals surface area (Å²) >= 11 is 5.06. The number of nitrogens with zero attached hydrogens (tertiary/aromatic N) is 1. The van der Waals surface area contributed by atoms with Crippen molar-refractivity contribution in [1.82, 2.24) is 15.4 Å². The zero-order chi connectivity index (χ0) is 18.3. The maximum Gasteiger partial charge on any atom is 0.0973 e. The van der Waals surface area contributed by atoms with Crippen LogP contribution in [-0.4, -0.2) is 40.6 Å². The van der Waals surface area contributed by atoms with Gasteiger partial charge < -0.3 is 4.98 Å². The number of benzene rings is 1. The number of fused-ring (bicyclic) bond motifs is 2. The second-order valence-corrected chi connectivity index (χ2v) is 8.55. The number of aromatic nitrogens is 1. The standard InChI is InChI=1S/C21H29N3OS/c1-4-8-24-11-15(12-25-23-14(3)26)9-18-16-6-5-7-19-21(16)17(10-20(18)24)13(2)22-19/h5-7,15,18,20,22H,4,8-12H2,1-3H3,(H,23,26)/t15-,18?,20+/m0/s1. The third-order valence-electron chi connectivity index (χ3n) is 6.05. The van der Waals surface area contributed by atoms with Crippen LogP contribution in [0.5, 0.6) is 0 Å². The highest BCUT2D eigenvalue weighted by Gasteiger charge is 2.41. The van der Waals surface area contributed by atoms with Crippen molar-refractivity contribution in [2.24, 2.45) is 5.92 Å². The Morgan fingerprint density at radius 3 is 3.04 bits per heavy atom. The molecule has 26 heavy (non-hydrogen) atoms. The van der Waals surface area contributed by atoms with Crippen molar-refractivity contribution in [3.05, 3.63) is 35.0 Å². The zero-order valence-corrected chi connectivity index (χ0v) is 16.8. The van der Waals surface area contributed by atoms with Gasteiger partial charge in [0.25, 0.3) is 0 Å². The molecule has 4 nitrogen and oxygen atoms in total. The van der Waals surface area contributed by atoms with Gasteiger partial charge in [-0.25, -0.2) is 0 Å². The minimum absolute atomic E-state index is 0.529. The fraction of sp³-hybridized carbons (Fsp3) is 0.571. The van der Waals surface area contributed by atoms with Crippen molar-refractivity contribution in [1.29, 1.82) is 0 Å². The predicted octanol–water partition coefficient (Wildman–Crippen LogP) is 4.09. The van der Waals surface area contributed by atoms with Crippen LogP contribution in [-0.2, 0) is 11.3 Å². The number of aromatic amines is 1. The van der Waals surface area contributed by atoms with E-state index in [-0.39, 0.29) is 0 Å². The van der Waals surface area contributed by atoms with E-state index in [1.807, 2.05) is 6.92 Å². The molecular formula is C21H29N3OS. The Bertz CT molecular complexity index is 815. The lowest BCUT2D eigenvalue weighted by Gasteiger charge is -2.47. The molecule has 2 heterocycles. The first-order valence-corrected chi connectivity index (χ1v) is 10.2. The van der Waals surface area contributed by atoms with Crippen molar-refractivity contribution in [3.63, 3.8) is 0 Å². The zero-order valence-electron chi connectivity index (χ0n) is 16.0. The molecule has 1 aliphatic heterocycles. The molecule has 0 saturated carbocycles. The topological polar surface area (TPSA) is 40.3 Å². The molecule has 1 aliphatic carbocycles. The molecule has 1 aromatic heterocycles. The van der Waals surface area contributed by atoms with Gasteiger partial charge in [-0.05, 0) is 62.8 Å². The molecule has 140 valence electrons. The van der Waals surface area contributed by atoms with Gasteiger partial charge in [0.2, 0.25) is 0 Å². The van der Waals surface area contributed by atoms with Gasteiger partial charge in [-0.3, -0.25) is 15.2 Å². The SMILES string of the molecule is CCCN1C[C@@H](CONC(C)=S)CC2c3cccc4[nH]c(C)c(c34)C[C@H]21. The smallest absolute Gasteiger partial charge is 0.0973 e. The van der Waals surface area contributed by atoms with E-state index in [0.29, 0.717) is 29.5 Å². The molecule has 5 heteroatoms. The summed E-state index contributed by atoms with van der Waals surface area (Å²) in [6, 6.07) is 7.39. The summed E-state index contributed by atoms with van der Waals surface area (Å²) in [5.41, 5.74) is 8.56. The summed E-state index contributed by atoms with van der Waals surface area (Å²) in [7, 11) is 0. The molecule has 2 aromatic rings. The lowest BCUT2D eigenvalue weighted by molar-refractivity contribution is 0.00546. The van der Waals surface area contributed by atoms with Crippen LogP contribution in [0.15, 0.2) is 18.2 Å². The van der Waals surface area contributed by atoms with Crippen LogP contribution in [0.4, 0.5) is 0 Å². The molecule has 2 N–H and O–H groups in total. The molecular weight excluding hydrogens is 342 g/mol. The van der Waals surface area contributed by atoms with Gasteiger partial charge in [-0.1, -0.05) is 31.3 Å². The molecule has 0 bridgehead atoms. The number of aryl methyl sites for hydroxylation is 1. The molecule has 3 atom stereocenters. The second kappa shape index (κ2) is 7.29. The van der Waals surface area contributed by atoms with Crippen LogP contribution in [0.3, 0.4) is 0 Å². The average Bonchev–Trinajstić information content (AvgIpc) is 2.93. The third kappa shape index (κ3) is 3.17.